The molecular weight excluding hydrogens is 222 g/mol. The van der Waals surface area contributed by atoms with Gasteiger partial charge in [-0.2, -0.15) is 0 Å². The molecule has 0 fully saturated rings. The van der Waals surface area contributed by atoms with Crippen molar-refractivity contribution in [3.63, 3.8) is 0 Å². The van der Waals surface area contributed by atoms with Crippen LogP contribution in [0.1, 0.15) is 23.9 Å². The van der Waals surface area contributed by atoms with Gasteiger partial charge in [0, 0.05) is 0 Å². The van der Waals surface area contributed by atoms with Crippen molar-refractivity contribution in [3.8, 4) is 0 Å². The normalized spacial score (nSPS) is 19.2. The maximum absolute atomic E-state index is 10.9. The third kappa shape index (κ3) is 1.47. The minimum Gasteiger partial charge on any atom is -0.469 e. The standard InChI is InChI=1S/C12H9NO4/c14-13(15)9-7-8(10-3-1-5-16-10)12(9)11-4-2-6-17-11/h1-6,8H,7H2. The summed E-state index contributed by atoms with van der Waals surface area (Å²) in [6.07, 6.45) is 3.47. The molecular formula is C12H9NO4. The van der Waals surface area contributed by atoms with Crippen LogP contribution in [-0.2, 0) is 0 Å². The highest BCUT2D eigenvalue weighted by molar-refractivity contribution is 5.75. The number of allylic oxidation sites excluding steroid dienone is 2. The lowest BCUT2D eigenvalue weighted by atomic mass is 9.78. The quantitative estimate of drug-likeness (QED) is 0.601. The van der Waals surface area contributed by atoms with Crippen molar-refractivity contribution in [1.82, 2.24) is 0 Å². The van der Waals surface area contributed by atoms with Gasteiger partial charge >= 0.3 is 0 Å². The molecule has 5 nitrogen and oxygen atoms in total. The highest BCUT2D eigenvalue weighted by Crippen LogP contribution is 2.48. The highest BCUT2D eigenvalue weighted by atomic mass is 16.6. The monoisotopic (exact) mass is 231 g/mol. The second kappa shape index (κ2) is 3.62. The summed E-state index contributed by atoms with van der Waals surface area (Å²) in [6.45, 7) is 0. The Balaban J connectivity index is 2.04. The lowest BCUT2D eigenvalue weighted by molar-refractivity contribution is -0.431. The van der Waals surface area contributed by atoms with Crippen LogP contribution in [0, 0.1) is 10.1 Å². The molecule has 3 rings (SSSR count). The Bertz CT molecular complexity index is 566. The molecule has 0 amide bonds. The van der Waals surface area contributed by atoms with Crippen LogP contribution in [0.15, 0.2) is 51.3 Å². The van der Waals surface area contributed by atoms with E-state index in [-0.39, 0.29) is 16.5 Å². The minimum atomic E-state index is -0.350. The first-order valence-electron chi connectivity index (χ1n) is 5.22. The zero-order valence-electron chi connectivity index (χ0n) is 8.83. The van der Waals surface area contributed by atoms with Gasteiger partial charge in [0.05, 0.1) is 35.4 Å². The molecule has 1 aliphatic rings. The van der Waals surface area contributed by atoms with E-state index in [9.17, 15) is 10.1 Å². The Hall–Kier alpha value is -2.30. The van der Waals surface area contributed by atoms with E-state index in [1.807, 2.05) is 6.07 Å². The molecule has 86 valence electrons. The van der Waals surface area contributed by atoms with Gasteiger partial charge in [-0.05, 0) is 24.3 Å². The molecule has 5 heteroatoms. The van der Waals surface area contributed by atoms with Crippen molar-refractivity contribution in [2.24, 2.45) is 0 Å². The van der Waals surface area contributed by atoms with Crippen LogP contribution in [0.3, 0.4) is 0 Å². The zero-order valence-corrected chi connectivity index (χ0v) is 8.83. The summed E-state index contributed by atoms with van der Waals surface area (Å²) in [5.74, 6) is 1.21. The molecule has 2 aromatic heterocycles. The molecule has 2 heterocycles. The molecule has 2 aromatic rings. The summed E-state index contributed by atoms with van der Waals surface area (Å²) < 4.78 is 10.5. The molecule has 0 radical (unpaired) electrons. The number of hydrogen-bond donors (Lipinski definition) is 0. The Morgan fingerprint density at radius 1 is 1.24 bits per heavy atom. The Morgan fingerprint density at radius 2 is 2.00 bits per heavy atom. The smallest absolute Gasteiger partial charge is 0.254 e. The maximum Gasteiger partial charge on any atom is 0.254 e. The van der Waals surface area contributed by atoms with Crippen LogP contribution in [0.5, 0.6) is 0 Å². The third-order valence-corrected chi connectivity index (χ3v) is 2.95. The van der Waals surface area contributed by atoms with Gasteiger partial charge in [-0.1, -0.05) is 0 Å². The van der Waals surface area contributed by atoms with Gasteiger partial charge in [0.2, 0.25) is 0 Å². The number of furan rings is 2. The SMILES string of the molecule is O=[N+]([O-])C1=C(c2ccco2)C(c2ccco2)C1. The minimum absolute atomic E-state index is 0.0726. The molecule has 17 heavy (non-hydrogen) atoms. The van der Waals surface area contributed by atoms with Crippen LogP contribution in [0.25, 0.3) is 5.57 Å². The van der Waals surface area contributed by atoms with Gasteiger partial charge in [-0.3, -0.25) is 10.1 Å². The molecule has 0 aliphatic heterocycles. The molecule has 1 atom stereocenters. The summed E-state index contributed by atoms with van der Waals surface area (Å²) in [6, 6.07) is 7.05. The van der Waals surface area contributed by atoms with Gasteiger partial charge in [-0.25, -0.2) is 0 Å². The summed E-state index contributed by atoms with van der Waals surface area (Å²) in [4.78, 5) is 10.5. The Kier molecular flexibility index (Phi) is 2.11. The van der Waals surface area contributed by atoms with E-state index in [1.54, 1.807) is 24.5 Å². The largest absolute Gasteiger partial charge is 0.469 e. The van der Waals surface area contributed by atoms with E-state index in [0.717, 1.165) is 5.76 Å². The van der Waals surface area contributed by atoms with Crippen LogP contribution in [0.4, 0.5) is 0 Å². The lowest BCUT2D eigenvalue weighted by Crippen LogP contribution is -2.20. The van der Waals surface area contributed by atoms with Crippen molar-refractivity contribution in [3.05, 3.63) is 64.1 Å². The molecule has 0 saturated heterocycles. The number of nitro groups is 1. The van der Waals surface area contributed by atoms with Gasteiger partial charge in [-0.15, -0.1) is 0 Å². The van der Waals surface area contributed by atoms with Crippen LogP contribution in [0.2, 0.25) is 0 Å². The third-order valence-electron chi connectivity index (χ3n) is 2.95. The van der Waals surface area contributed by atoms with E-state index in [0.29, 0.717) is 17.8 Å². The van der Waals surface area contributed by atoms with E-state index >= 15 is 0 Å². The fourth-order valence-corrected chi connectivity index (χ4v) is 2.13. The first kappa shape index (κ1) is 9.89. The Labute approximate surface area is 96.5 Å². The van der Waals surface area contributed by atoms with Gasteiger partial charge in [0.15, 0.2) is 0 Å². The Morgan fingerprint density at radius 3 is 2.59 bits per heavy atom. The summed E-state index contributed by atoms with van der Waals surface area (Å²) in [5, 5.41) is 10.9. The molecule has 0 bridgehead atoms. The topological polar surface area (TPSA) is 69.4 Å². The fourth-order valence-electron chi connectivity index (χ4n) is 2.13. The average Bonchev–Trinajstić information content (AvgIpc) is 2.87. The summed E-state index contributed by atoms with van der Waals surface area (Å²) >= 11 is 0. The molecule has 0 saturated carbocycles. The van der Waals surface area contributed by atoms with E-state index < -0.39 is 0 Å². The van der Waals surface area contributed by atoms with Crippen LogP contribution in [-0.4, -0.2) is 4.92 Å². The zero-order chi connectivity index (χ0) is 11.8. The van der Waals surface area contributed by atoms with Gasteiger partial charge < -0.3 is 8.83 Å². The fraction of sp³-hybridized carbons (Fsp3) is 0.167. The van der Waals surface area contributed by atoms with Gasteiger partial charge in [0.1, 0.15) is 11.5 Å². The van der Waals surface area contributed by atoms with E-state index in [2.05, 4.69) is 0 Å². The van der Waals surface area contributed by atoms with Crippen molar-refractivity contribution >= 4 is 5.57 Å². The first-order valence-corrected chi connectivity index (χ1v) is 5.22. The first-order chi connectivity index (χ1) is 8.27. The van der Waals surface area contributed by atoms with Crippen molar-refractivity contribution in [2.45, 2.75) is 12.3 Å². The van der Waals surface area contributed by atoms with Crippen molar-refractivity contribution in [2.75, 3.05) is 0 Å². The number of nitrogens with zero attached hydrogens (tertiary/aromatic N) is 1. The van der Waals surface area contributed by atoms with Crippen LogP contribution >= 0.6 is 0 Å². The predicted molar refractivity (Wildman–Crippen MR) is 58.7 cm³/mol. The summed E-state index contributed by atoms with van der Waals surface area (Å²) in [5.41, 5.74) is 0.830. The van der Waals surface area contributed by atoms with E-state index in [1.165, 1.54) is 6.26 Å². The van der Waals surface area contributed by atoms with E-state index in [4.69, 9.17) is 8.83 Å². The second-order valence-corrected chi connectivity index (χ2v) is 3.87. The molecule has 0 aromatic carbocycles. The molecule has 0 N–H and O–H groups in total. The molecule has 1 aliphatic carbocycles. The van der Waals surface area contributed by atoms with Crippen molar-refractivity contribution < 1.29 is 13.8 Å². The van der Waals surface area contributed by atoms with Crippen molar-refractivity contribution in [1.29, 1.82) is 0 Å². The molecule has 0 spiro atoms. The lowest BCUT2D eigenvalue weighted by Gasteiger charge is -2.24. The van der Waals surface area contributed by atoms with Crippen LogP contribution < -0.4 is 0 Å². The number of hydrogen-bond acceptors (Lipinski definition) is 4. The second-order valence-electron chi connectivity index (χ2n) is 3.87. The average molecular weight is 231 g/mol. The maximum atomic E-state index is 10.9. The number of rotatable bonds is 3. The highest BCUT2D eigenvalue weighted by Gasteiger charge is 2.42. The van der Waals surface area contributed by atoms with Gasteiger partial charge in [0.25, 0.3) is 5.70 Å². The molecule has 1 unspecified atom stereocenters. The predicted octanol–water partition coefficient (Wildman–Crippen LogP) is 3.05. The summed E-state index contributed by atoms with van der Waals surface area (Å²) in [7, 11) is 0.